The molecule has 0 radical (unpaired) electrons. The van der Waals surface area contributed by atoms with Crippen LogP contribution in [0.15, 0.2) is 79.0 Å². The Bertz CT molecular complexity index is 1290. The maximum Gasteiger partial charge on any atom is 0.416 e. The van der Waals surface area contributed by atoms with Crippen molar-refractivity contribution in [3.63, 3.8) is 0 Å². The Morgan fingerprint density at radius 3 is 2.44 bits per heavy atom. The van der Waals surface area contributed by atoms with Crippen molar-refractivity contribution < 1.29 is 23.2 Å². The molecule has 0 spiro atoms. The number of hydrogen-bond acceptors (Lipinski definition) is 5. The Morgan fingerprint density at radius 1 is 1.00 bits per heavy atom. The van der Waals surface area contributed by atoms with Crippen molar-refractivity contribution in [2.45, 2.75) is 12.2 Å². The average molecular weight is 439 g/mol. The van der Waals surface area contributed by atoms with E-state index in [1.807, 2.05) is 0 Å². The van der Waals surface area contributed by atoms with Crippen LogP contribution in [0.3, 0.4) is 0 Å². The molecule has 4 rings (SSSR count). The van der Waals surface area contributed by atoms with E-state index in [-0.39, 0.29) is 17.1 Å². The smallest absolute Gasteiger partial charge is 0.416 e. The zero-order valence-electron chi connectivity index (χ0n) is 16.4. The van der Waals surface area contributed by atoms with Crippen LogP contribution < -0.4 is 5.32 Å². The number of aromatic hydroxyl groups is 1. The van der Waals surface area contributed by atoms with E-state index in [0.717, 1.165) is 12.1 Å². The van der Waals surface area contributed by atoms with Crippen LogP contribution in [0.25, 0.3) is 10.9 Å². The van der Waals surface area contributed by atoms with E-state index < -0.39 is 22.7 Å². The lowest BCUT2D eigenvalue weighted by atomic mass is 9.95. The van der Waals surface area contributed by atoms with Gasteiger partial charge in [0.15, 0.2) is 0 Å². The summed E-state index contributed by atoms with van der Waals surface area (Å²) in [5, 5.41) is 25.6. The predicted octanol–water partition coefficient (Wildman–Crippen LogP) is 6.07. The highest BCUT2D eigenvalue weighted by atomic mass is 19.4. The van der Waals surface area contributed by atoms with Gasteiger partial charge in [0, 0.05) is 35.0 Å². The number of nitro benzene ring substituents is 1. The summed E-state index contributed by atoms with van der Waals surface area (Å²) < 4.78 is 39.5. The van der Waals surface area contributed by atoms with Gasteiger partial charge in [0.25, 0.3) is 5.69 Å². The third-order valence-corrected chi connectivity index (χ3v) is 5.03. The van der Waals surface area contributed by atoms with E-state index >= 15 is 0 Å². The molecule has 3 aromatic carbocycles. The second-order valence-electron chi connectivity index (χ2n) is 7.08. The number of fused-ring (bicyclic) bond motifs is 1. The van der Waals surface area contributed by atoms with Gasteiger partial charge < -0.3 is 10.4 Å². The number of alkyl halides is 3. The molecule has 0 aliphatic heterocycles. The molecule has 2 N–H and O–H groups in total. The van der Waals surface area contributed by atoms with E-state index in [4.69, 9.17) is 0 Å². The van der Waals surface area contributed by atoms with Gasteiger partial charge in [0.05, 0.1) is 16.5 Å². The molecule has 162 valence electrons. The molecule has 0 aliphatic carbocycles. The van der Waals surface area contributed by atoms with Crippen molar-refractivity contribution in [3.05, 3.63) is 106 Å². The number of pyridine rings is 1. The molecule has 1 heterocycles. The van der Waals surface area contributed by atoms with Crippen molar-refractivity contribution in [3.8, 4) is 5.75 Å². The average Bonchev–Trinajstić information content (AvgIpc) is 2.78. The van der Waals surface area contributed by atoms with Crippen LogP contribution >= 0.6 is 0 Å². The maximum atomic E-state index is 13.2. The van der Waals surface area contributed by atoms with E-state index in [0.29, 0.717) is 22.0 Å². The minimum absolute atomic E-state index is 0.129. The molecule has 0 amide bonds. The molecule has 0 aliphatic rings. The molecule has 1 atom stereocenters. The van der Waals surface area contributed by atoms with Gasteiger partial charge in [-0.15, -0.1) is 0 Å². The molecule has 1 aromatic heterocycles. The van der Waals surface area contributed by atoms with Crippen LogP contribution in [-0.4, -0.2) is 15.0 Å². The maximum absolute atomic E-state index is 13.2. The van der Waals surface area contributed by atoms with Gasteiger partial charge in [-0.2, -0.15) is 13.2 Å². The second-order valence-corrected chi connectivity index (χ2v) is 7.08. The normalized spacial score (nSPS) is 12.5. The largest absolute Gasteiger partial charge is 0.505 e. The number of nitrogens with zero attached hydrogens (tertiary/aromatic N) is 2. The summed E-state index contributed by atoms with van der Waals surface area (Å²) in [6.07, 6.45) is -3.00. The summed E-state index contributed by atoms with van der Waals surface area (Å²) in [5.41, 5.74) is 0.429. The van der Waals surface area contributed by atoms with Gasteiger partial charge in [-0.25, -0.2) is 0 Å². The number of phenolic OH excluding ortho intramolecular Hbond substituents is 1. The van der Waals surface area contributed by atoms with Gasteiger partial charge >= 0.3 is 6.18 Å². The lowest BCUT2D eigenvalue weighted by Gasteiger charge is -2.23. The van der Waals surface area contributed by atoms with Crippen molar-refractivity contribution in [1.29, 1.82) is 0 Å². The number of phenols is 1. The first-order chi connectivity index (χ1) is 15.2. The van der Waals surface area contributed by atoms with Gasteiger partial charge in [-0.05, 0) is 42.0 Å². The number of non-ortho nitro benzene ring substituents is 1. The number of halogens is 3. The van der Waals surface area contributed by atoms with E-state index in [1.54, 1.807) is 24.3 Å². The van der Waals surface area contributed by atoms with Crippen molar-refractivity contribution >= 4 is 22.3 Å². The first kappa shape index (κ1) is 21.1. The number of hydrogen-bond donors (Lipinski definition) is 2. The second kappa shape index (κ2) is 8.18. The van der Waals surface area contributed by atoms with Crippen molar-refractivity contribution in [2.75, 3.05) is 5.32 Å². The van der Waals surface area contributed by atoms with Gasteiger partial charge in [0.2, 0.25) is 0 Å². The number of aromatic nitrogens is 1. The predicted molar refractivity (Wildman–Crippen MR) is 113 cm³/mol. The van der Waals surface area contributed by atoms with Gasteiger partial charge in [-0.1, -0.05) is 24.3 Å². The zero-order chi connectivity index (χ0) is 22.9. The molecule has 0 unspecified atom stereocenters. The Kier molecular flexibility index (Phi) is 5.40. The van der Waals surface area contributed by atoms with Crippen LogP contribution in [0.5, 0.6) is 5.75 Å². The molecule has 0 fully saturated rings. The summed E-state index contributed by atoms with van der Waals surface area (Å²) in [7, 11) is 0. The number of benzene rings is 3. The molecule has 6 nitrogen and oxygen atoms in total. The van der Waals surface area contributed by atoms with Crippen LogP contribution in [0.2, 0.25) is 0 Å². The highest BCUT2D eigenvalue weighted by molar-refractivity contribution is 5.86. The number of nitrogens with one attached hydrogen (secondary N) is 1. The van der Waals surface area contributed by atoms with Crippen LogP contribution in [0, 0.1) is 10.1 Å². The first-order valence-corrected chi connectivity index (χ1v) is 9.49. The summed E-state index contributed by atoms with van der Waals surface area (Å²) in [4.78, 5) is 14.7. The van der Waals surface area contributed by atoms with Crippen molar-refractivity contribution in [2.24, 2.45) is 0 Å². The number of nitro groups is 1. The van der Waals surface area contributed by atoms with E-state index in [2.05, 4.69) is 10.3 Å². The minimum atomic E-state index is -4.52. The molecule has 0 saturated heterocycles. The molecular formula is C23H16F3N3O3. The van der Waals surface area contributed by atoms with Gasteiger partial charge in [-0.3, -0.25) is 15.1 Å². The fraction of sp³-hybridized carbons (Fsp3) is 0.0870. The number of anilines is 1. The third kappa shape index (κ3) is 4.18. The first-order valence-electron chi connectivity index (χ1n) is 9.49. The molecule has 32 heavy (non-hydrogen) atoms. The van der Waals surface area contributed by atoms with Gasteiger partial charge in [0.1, 0.15) is 11.3 Å². The summed E-state index contributed by atoms with van der Waals surface area (Å²) in [6.45, 7) is 0. The zero-order valence-corrected chi connectivity index (χ0v) is 16.4. The summed E-state index contributed by atoms with van der Waals surface area (Å²) >= 11 is 0. The lowest BCUT2D eigenvalue weighted by molar-refractivity contribution is -0.384. The SMILES string of the molecule is O=[N+]([O-])c1ccc([C@H](Nc2cccc(C(F)(F)F)c2)c2ccc3cccnc3c2O)cc1. The highest BCUT2D eigenvalue weighted by Gasteiger charge is 2.31. The fourth-order valence-electron chi connectivity index (χ4n) is 3.46. The quantitative estimate of drug-likeness (QED) is 0.291. The number of rotatable bonds is 5. The van der Waals surface area contributed by atoms with Crippen LogP contribution in [0.1, 0.15) is 22.7 Å². The Labute approximate surface area is 180 Å². The van der Waals surface area contributed by atoms with Crippen molar-refractivity contribution in [1.82, 2.24) is 4.98 Å². The minimum Gasteiger partial charge on any atom is -0.505 e. The lowest BCUT2D eigenvalue weighted by Crippen LogP contribution is -2.14. The topological polar surface area (TPSA) is 88.3 Å². The third-order valence-electron chi connectivity index (χ3n) is 5.03. The Balaban J connectivity index is 1.82. The molecule has 4 aromatic rings. The Hall–Kier alpha value is -4.14. The summed E-state index contributed by atoms with van der Waals surface area (Å²) in [5.74, 6) is -0.133. The molecule has 9 heteroatoms. The highest BCUT2D eigenvalue weighted by Crippen LogP contribution is 2.38. The van der Waals surface area contributed by atoms with E-state index in [9.17, 15) is 28.4 Å². The molecule has 0 saturated carbocycles. The monoisotopic (exact) mass is 439 g/mol. The summed E-state index contributed by atoms with van der Waals surface area (Å²) in [6, 6.07) is 16.3. The van der Waals surface area contributed by atoms with Crippen LogP contribution in [-0.2, 0) is 6.18 Å². The molecular weight excluding hydrogens is 423 g/mol. The fourth-order valence-corrected chi connectivity index (χ4v) is 3.46. The standard InChI is InChI=1S/C23H16F3N3O3/c24-23(25,26)16-4-1-5-17(13-16)28-20(15-6-9-18(10-7-15)29(31)32)19-11-8-14-3-2-12-27-21(14)22(19)30/h1-13,20,28,30H/t20-/m0/s1. The Morgan fingerprint density at radius 2 is 1.75 bits per heavy atom. The van der Waals surface area contributed by atoms with Crippen LogP contribution in [0.4, 0.5) is 24.5 Å². The van der Waals surface area contributed by atoms with E-state index in [1.165, 1.54) is 42.6 Å². The molecule has 0 bridgehead atoms.